The van der Waals surface area contributed by atoms with E-state index in [1.165, 1.54) is 0 Å². The van der Waals surface area contributed by atoms with Crippen LogP contribution in [0.2, 0.25) is 0 Å². The third-order valence-corrected chi connectivity index (χ3v) is 3.65. The van der Waals surface area contributed by atoms with Crippen LogP contribution in [0.5, 0.6) is 5.75 Å². The molecule has 0 bridgehead atoms. The van der Waals surface area contributed by atoms with Gasteiger partial charge in [-0.25, -0.2) is 0 Å². The Bertz CT molecular complexity index is 772. The second-order valence-corrected chi connectivity index (χ2v) is 5.58. The van der Waals surface area contributed by atoms with Crippen molar-refractivity contribution in [2.75, 3.05) is 5.32 Å². The first-order valence-corrected chi connectivity index (χ1v) is 7.60. The lowest BCUT2D eigenvalue weighted by atomic mass is 9.96. The summed E-state index contributed by atoms with van der Waals surface area (Å²) >= 11 is 4.93. The highest BCUT2D eigenvalue weighted by molar-refractivity contribution is 7.80. The number of rotatable bonds is 3. The molecule has 0 atom stereocenters. The molecule has 3 aromatic rings. The number of hydrogen-bond donors (Lipinski definition) is 3. The smallest absolute Gasteiger partial charge is 0.168 e. The average molecular weight is 320 g/mol. The molecule has 0 aromatic heterocycles. The Morgan fingerprint density at radius 1 is 0.826 bits per heavy atom. The van der Waals surface area contributed by atoms with E-state index in [0.717, 1.165) is 27.9 Å². The van der Waals surface area contributed by atoms with E-state index in [9.17, 15) is 5.11 Å². The predicted molar refractivity (Wildman–Crippen MR) is 99.4 cm³/mol. The van der Waals surface area contributed by atoms with E-state index in [4.69, 9.17) is 18.0 Å². The van der Waals surface area contributed by atoms with Crippen molar-refractivity contribution in [2.24, 2.45) is 5.73 Å². The summed E-state index contributed by atoms with van der Waals surface area (Å²) in [5.74, 6) is 0.232. The van der Waals surface area contributed by atoms with E-state index in [-0.39, 0.29) is 10.9 Å². The summed E-state index contributed by atoms with van der Waals surface area (Å²) in [7, 11) is 0. The lowest BCUT2D eigenvalue weighted by Crippen LogP contribution is -2.18. The quantitative estimate of drug-likeness (QED) is 0.495. The molecule has 4 heteroatoms. The Hall–Kier alpha value is -2.85. The van der Waals surface area contributed by atoms with Crippen LogP contribution in [0, 0.1) is 0 Å². The molecule has 23 heavy (non-hydrogen) atoms. The molecule has 0 aliphatic carbocycles. The molecular weight excluding hydrogens is 304 g/mol. The van der Waals surface area contributed by atoms with Gasteiger partial charge in [0, 0.05) is 16.8 Å². The van der Waals surface area contributed by atoms with Crippen LogP contribution in [0.15, 0.2) is 72.8 Å². The second kappa shape index (κ2) is 6.50. The van der Waals surface area contributed by atoms with E-state index in [1.807, 2.05) is 72.8 Å². The number of nitrogens with two attached hydrogens (primary N) is 1. The normalized spacial score (nSPS) is 10.3. The van der Waals surface area contributed by atoms with Gasteiger partial charge in [0.2, 0.25) is 0 Å². The van der Waals surface area contributed by atoms with Gasteiger partial charge >= 0.3 is 0 Å². The first-order chi connectivity index (χ1) is 11.1. The molecule has 0 spiro atoms. The maximum Gasteiger partial charge on any atom is 0.168 e. The molecule has 3 rings (SSSR count). The zero-order valence-electron chi connectivity index (χ0n) is 12.4. The number of phenols is 1. The molecule has 0 saturated carbocycles. The zero-order valence-corrected chi connectivity index (χ0v) is 13.2. The lowest BCUT2D eigenvalue weighted by Gasteiger charge is -2.14. The summed E-state index contributed by atoms with van der Waals surface area (Å²) in [4.78, 5) is 0. The van der Waals surface area contributed by atoms with E-state index in [2.05, 4.69) is 5.32 Å². The minimum Gasteiger partial charge on any atom is -0.507 e. The third-order valence-electron chi connectivity index (χ3n) is 3.55. The first-order valence-electron chi connectivity index (χ1n) is 7.19. The maximum absolute atomic E-state index is 10.8. The lowest BCUT2D eigenvalue weighted by molar-refractivity contribution is 0.479. The van der Waals surface area contributed by atoms with E-state index < -0.39 is 0 Å². The standard InChI is InChI=1S/C19H16N2OS/c20-19(23)21-15-11-16(13-7-3-1-4-8-13)18(22)17(12-15)14-9-5-2-6-10-14/h1-12,22H,(H3,20,21,23). The van der Waals surface area contributed by atoms with Gasteiger partial charge in [-0.2, -0.15) is 0 Å². The van der Waals surface area contributed by atoms with Crippen LogP contribution < -0.4 is 11.1 Å². The van der Waals surface area contributed by atoms with E-state index >= 15 is 0 Å². The Balaban J connectivity index is 2.21. The van der Waals surface area contributed by atoms with Crippen LogP contribution in [0.1, 0.15) is 0 Å². The molecule has 0 heterocycles. The predicted octanol–water partition coefficient (Wildman–Crippen LogP) is 4.38. The van der Waals surface area contributed by atoms with Crippen LogP contribution in [0.25, 0.3) is 22.3 Å². The molecule has 0 aliphatic heterocycles. The number of aromatic hydroxyl groups is 1. The second-order valence-electron chi connectivity index (χ2n) is 5.14. The Labute approximate surface area is 140 Å². The van der Waals surface area contributed by atoms with Crippen molar-refractivity contribution in [3.63, 3.8) is 0 Å². The van der Waals surface area contributed by atoms with Crippen LogP contribution in [0.3, 0.4) is 0 Å². The molecule has 114 valence electrons. The highest BCUT2D eigenvalue weighted by atomic mass is 32.1. The third kappa shape index (κ3) is 3.33. The maximum atomic E-state index is 10.8. The summed E-state index contributed by atoms with van der Waals surface area (Å²) in [5, 5.41) is 13.9. The minimum atomic E-state index is 0.189. The topological polar surface area (TPSA) is 58.3 Å². The molecule has 4 N–H and O–H groups in total. The number of benzene rings is 3. The summed E-state index contributed by atoms with van der Waals surface area (Å²) in [6.45, 7) is 0. The van der Waals surface area contributed by atoms with Gasteiger partial charge in [0.1, 0.15) is 5.75 Å². The average Bonchev–Trinajstić information content (AvgIpc) is 2.57. The first kappa shape index (κ1) is 15.1. The highest BCUT2D eigenvalue weighted by Gasteiger charge is 2.13. The zero-order chi connectivity index (χ0) is 16.2. The van der Waals surface area contributed by atoms with Gasteiger partial charge in [-0.1, -0.05) is 60.7 Å². The molecule has 0 fully saturated rings. The fraction of sp³-hybridized carbons (Fsp3) is 0. The fourth-order valence-electron chi connectivity index (χ4n) is 2.52. The van der Waals surface area contributed by atoms with Gasteiger partial charge in [-0.05, 0) is 35.5 Å². The molecular formula is C19H16N2OS. The summed E-state index contributed by atoms with van der Waals surface area (Å²) in [5.41, 5.74) is 9.65. The Morgan fingerprint density at radius 3 is 1.65 bits per heavy atom. The van der Waals surface area contributed by atoms with E-state index in [0.29, 0.717) is 0 Å². The van der Waals surface area contributed by atoms with Crippen LogP contribution in [-0.4, -0.2) is 10.2 Å². The molecule has 0 aliphatic rings. The van der Waals surface area contributed by atoms with E-state index in [1.54, 1.807) is 0 Å². The summed E-state index contributed by atoms with van der Waals surface area (Å²) < 4.78 is 0. The summed E-state index contributed by atoms with van der Waals surface area (Å²) in [6, 6.07) is 23.1. The van der Waals surface area contributed by atoms with Gasteiger partial charge < -0.3 is 16.2 Å². The monoisotopic (exact) mass is 320 g/mol. The van der Waals surface area contributed by atoms with Crippen molar-refractivity contribution in [2.45, 2.75) is 0 Å². The SMILES string of the molecule is NC(=S)Nc1cc(-c2ccccc2)c(O)c(-c2ccccc2)c1. The number of anilines is 1. The van der Waals surface area contributed by atoms with Crippen LogP contribution >= 0.6 is 12.2 Å². The number of phenolic OH excluding ortho intramolecular Hbond substituents is 1. The largest absolute Gasteiger partial charge is 0.507 e. The highest BCUT2D eigenvalue weighted by Crippen LogP contribution is 2.40. The Morgan fingerprint density at radius 2 is 1.26 bits per heavy atom. The summed E-state index contributed by atoms with van der Waals surface area (Å²) in [6.07, 6.45) is 0. The van der Waals surface area contributed by atoms with Crippen molar-refractivity contribution < 1.29 is 5.11 Å². The van der Waals surface area contributed by atoms with Crippen molar-refractivity contribution >= 4 is 23.0 Å². The van der Waals surface area contributed by atoms with Crippen molar-refractivity contribution in [3.8, 4) is 28.0 Å². The van der Waals surface area contributed by atoms with Crippen molar-refractivity contribution in [3.05, 3.63) is 72.8 Å². The Kier molecular flexibility index (Phi) is 4.26. The van der Waals surface area contributed by atoms with Gasteiger partial charge in [-0.15, -0.1) is 0 Å². The molecule has 3 nitrogen and oxygen atoms in total. The molecule has 0 amide bonds. The van der Waals surface area contributed by atoms with Gasteiger partial charge in [0.25, 0.3) is 0 Å². The number of hydrogen-bond acceptors (Lipinski definition) is 2. The van der Waals surface area contributed by atoms with Gasteiger partial charge in [-0.3, -0.25) is 0 Å². The minimum absolute atomic E-state index is 0.189. The van der Waals surface area contributed by atoms with Crippen molar-refractivity contribution in [1.29, 1.82) is 0 Å². The fourth-order valence-corrected chi connectivity index (χ4v) is 2.64. The van der Waals surface area contributed by atoms with Gasteiger partial charge in [0.15, 0.2) is 5.11 Å². The van der Waals surface area contributed by atoms with Crippen LogP contribution in [-0.2, 0) is 0 Å². The van der Waals surface area contributed by atoms with Crippen LogP contribution in [0.4, 0.5) is 5.69 Å². The molecule has 0 saturated heterocycles. The number of thiocarbonyl (C=S) groups is 1. The molecule has 0 radical (unpaired) electrons. The molecule has 0 unspecified atom stereocenters. The number of nitrogens with one attached hydrogen (secondary N) is 1. The molecule has 3 aromatic carbocycles. The van der Waals surface area contributed by atoms with Gasteiger partial charge in [0.05, 0.1) is 0 Å². The van der Waals surface area contributed by atoms with Crippen molar-refractivity contribution in [1.82, 2.24) is 0 Å².